The Labute approximate surface area is 90.3 Å². The minimum atomic E-state index is -0.350. The second kappa shape index (κ2) is 5.87. The second-order valence-electron chi connectivity index (χ2n) is 3.21. The van der Waals surface area contributed by atoms with Gasteiger partial charge in [0.25, 0.3) is 0 Å². The molecule has 0 aromatic heterocycles. The third-order valence-corrected chi connectivity index (χ3v) is 2.08. The van der Waals surface area contributed by atoms with Gasteiger partial charge in [0.2, 0.25) is 0 Å². The topological polar surface area (TPSA) is 26.3 Å². The van der Waals surface area contributed by atoms with Crippen LogP contribution in [0.3, 0.4) is 0 Å². The number of esters is 1. The summed E-state index contributed by atoms with van der Waals surface area (Å²) >= 11 is 0. The number of ether oxygens (including phenoxy) is 1. The summed E-state index contributed by atoms with van der Waals surface area (Å²) in [5, 5.41) is 0. The maximum atomic E-state index is 11.0. The second-order valence-corrected chi connectivity index (χ2v) is 3.21. The predicted molar refractivity (Wildman–Crippen MR) is 59.1 cm³/mol. The zero-order chi connectivity index (χ0) is 11.1. The van der Waals surface area contributed by atoms with Gasteiger partial charge in [0.1, 0.15) is 13.0 Å². The Hall–Kier alpha value is -1.75. The molecule has 0 aliphatic carbocycles. The number of benzene rings is 1. The number of rotatable bonds is 4. The number of aryl methyl sites for hydroxylation is 1. The van der Waals surface area contributed by atoms with Crippen LogP contribution in [0.5, 0.6) is 0 Å². The summed E-state index contributed by atoms with van der Waals surface area (Å²) < 4.78 is 4.96. The zero-order valence-corrected chi connectivity index (χ0v) is 8.82. The number of hydrogen-bond acceptors (Lipinski definition) is 2. The largest absolute Gasteiger partial charge is 0.460 e. The van der Waals surface area contributed by atoms with Crippen molar-refractivity contribution >= 4 is 5.97 Å². The molecule has 0 heterocycles. The van der Waals surface area contributed by atoms with Crippen molar-refractivity contribution in [3.8, 4) is 12.3 Å². The van der Waals surface area contributed by atoms with Crippen LogP contribution in [-0.4, -0.2) is 5.97 Å². The molecule has 0 amide bonds. The number of carbonyl (C=O) groups is 1. The summed E-state index contributed by atoms with van der Waals surface area (Å²) in [7, 11) is 0. The monoisotopic (exact) mass is 202 g/mol. The van der Waals surface area contributed by atoms with Crippen LogP contribution in [0.4, 0.5) is 0 Å². The maximum absolute atomic E-state index is 11.0. The highest BCUT2D eigenvalue weighted by Crippen LogP contribution is 2.06. The number of hydrogen-bond donors (Lipinski definition) is 0. The fourth-order valence-corrected chi connectivity index (χ4v) is 1.17. The summed E-state index contributed by atoms with van der Waals surface area (Å²) in [6.45, 7) is 2.40. The average molecular weight is 202 g/mol. The van der Waals surface area contributed by atoms with Crippen LogP contribution >= 0.6 is 0 Å². The molecule has 0 radical (unpaired) electrons. The molecule has 15 heavy (non-hydrogen) atoms. The van der Waals surface area contributed by atoms with Gasteiger partial charge in [-0.05, 0) is 17.5 Å². The molecule has 0 fully saturated rings. The first-order valence-electron chi connectivity index (χ1n) is 4.93. The van der Waals surface area contributed by atoms with Gasteiger partial charge in [-0.2, -0.15) is 0 Å². The lowest BCUT2D eigenvalue weighted by Crippen LogP contribution is -2.02. The highest BCUT2D eigenvalue weighted by Gasteiger charge is 2.00. The lowest BCUT2D eigenvalue weighted by atomic mass is 10.1. The van der Waals surface area contributed by atoms with Crippen molar-refractivity contribution in [2.75, 3.05) is 0 Å². The molecule has 0 aliphatic rings. The van der Waals surface area contributed by atoms with Crippen molar-refractivity contribution < 1.29 is 9.53 Å². The van der Waals surface area contributed by atoms with Crippen LogP contribution in [0.25, 0.3) is 0 Å². The minimum Gasteiger partial charge on any atom is -0.460 e. The Kier molecular flexibility index (Phi) is 4.43. The Bertz CT molecular complexity index is 357. The molecule has 0 saturated carbocycles. The number of carbonyl (C=O) groups excluding carboxylic acids is 1. The third-order valence-electron chi connectivity index (χ3n) is 2.08. The molecular weight excluding hydrogens is 188 g/mol. The van der Waals surface area contributed by atoms with Crippen LogP contribution in [0.1, 0.15) is 24.5 Å². The van der Waals surface area contributed by atoms with E-state index in [0.29, 0.717) is 6.61 Å². The van der Waals surface area contributed by atoms with Gasteiger partial charge in [0.05, 0.1) is 0 Å². The lowest BCUT2D eigenvalue weighted by molar-refractivity contribution is -0.143. The van der Waals surface area contributed by atoms with Crippen LogP contribution in [0, 0.1) is 12.3 Å². The van der Waals surface area contributed by atoms with Crippen LogP contribution in [0.2, 0.25) is 0 Å². The highest BCUT2D eigenvalue weighted by atomic mass is 16.5. The van der Waals surface area contributed by atoms with Gasteiger partial charge in [-0.25, -0.2) is 0 Å². The van der Waals surface area contributed by atoms with E-state index in [1.54, 1.807) is 0 Å². The van der Waals surface area contributed by atoms with Gasteiger partial charge in [-0.3, -0.25) is 4.79 Å². The molecule has 1 aromatic rings. The zero-order valence-electron chi connectivity index (χ0n) is 8.82. The van der Waals surface area contributed by atoms with E-state index in [1.807, 2.05) is 24.3 Å². The fourth-order valence-electron chi connectivity index (χ4n) is 1.17. The first-order valence-corrected chi connectivity index (χ1v) is 4.93. The van der Waals surface area contributed by atoms with E-state index in [4.69, 9.17) is 11.2 Å². The van der Waals surface area contributed by atoms with Crippen LogP contribution < -0.4 is 0 Å². The van der Waals surface area contributed by atoms with Gasteiger partial charge in [0, 0.05) is 0 Å². The highest BCUT2D eigenvalue weighted by molar-refractivity contribution is 5.72. The molecule has 0 bridgehead atoms. The molecule has 0 atom stereocenters. The van der Waals surface area contributed by atoms with Crippen molar-refractivity contribution in [2.45, 2.75) is 26.4 Å². The summed E-state index contributed by atoms with van der Waals surface area (Å²) in [6.07, 6.45) is 6.03. The summed E-state index contributed by atoms with van der Waals surface area (Å²) in [6, 6.07) is 7.98. The Morgan fingerprint density at radius 3 is 2.47 bits per heavy atom. The predicted octanol–water partition coefficient (Wildman–Crippen LogP) is 2.32. The Morgan fingerprint density at radius 1 is 1.33 bits per heavy atom. The standard InChI is InChI=1S/C13H14O2/c1-3-5-13(14)15-10-12-8-6-11(4-2)7-9-12/h1,6-9H,4-5,10H2,2H3. The SMILES string of the molecule is C#CCC(=O)OCc1ccc(CC)cc1. The third kappa shape index (κ3) is 3.86. The van der Waals surface area contributed by atoms with Crippen molar-refractivity contribution in [1.29, 1.82) is 0 Å². The molecule has 0 saturated heterocycles. The molecule has 78 valence electrons. The molecule has 0 unspecified atom stereocenters. The van der Waals surface area contributed by atoms with E-state index in [9.17, 15) is 4.79 Å². The molecule has 2 heteroatoms. The summed E-state index contributed by atoms with van der Waals surface area (Å²) in [4.78, 5) is 11.0. The average Bonchev–Trinajstić information content (AvgIpc) is 2.27. The van der Waals surface area contributed by atoms with Crippen molar-refractivity contribution in [2.24, 2.45) is 0 Å². The van der Waals surface area contributed by atoms with Crippen molar-refractivity contribution in [1.82, 2.24) is 0 Å². The maximum Gasteiger partial charge on any atom is 0.318 e. The van der Waals surface area contributed by atoms with Gasteiger partial charge < -0.3 is 4.74 Å². The van der Waals surface area contributed by atoms with Gasteiger partial charge >= 0.3 is 5.97 Å². The van der Waals surface area contributed by atoms with Gasteiger partial charge in [-0.15, -0.1) is 6.42 Å². The van der Waals surface area contributed by atoms with E-state index in [0.717, 1.165) is 12.0 Å². The van der Waals surface area contributed by atoms with Gasteiger partial charge in [0.15, 0.2) is 0 Å². The molecule has 1 rings (SSSR count). The quantitative estimate of drug-likeness (QED) is 0.553. The molecular formula is C13H14O2. The van der Waals surface area contributed by atoms with E-state index < -0.39 is 0 Å². The minimum absolute atomic E-state index is 0.0348. The smallest absolute Gasteiger partial charge is 0.318 e. The normalized spacial score (nSPS) is 9.33. The Morgan fingerprint density at radius 2 is 1.93 bits per heavy atom. The van der Waals surface area contributed by atoms with Crippen LogP contribution in [0.15, 0.2) is 24.3 Å². The molecule has 0 aliphatic heterocycles. The van der Waals surface area contributed by atoms with E-state index >= 15 is 0 Å². The van der Waals surface area contributed by atoms with E-state index in [2.05, 4.69) is 12.8 Å². The van der Waals surface area contributed by atoms with Crippen molar-refractivity contribution in [3.05, 3.63) is 35.4 Å². The first-order chi connectivity index (χ1) is 7.26. The van der Waals surface area contributed by atoms with Crippen molar-refractivity contribution in [3.63, 3.8) is 0 Å². The molecule has 0 spiro atoms. The van der Waals surface area contributed by atoms with Crippen LogP contribution in [-0.2, 0) is 22.6 Å². The summed E-state index contributed by atoms with van der Waals surface area (Å²) in [5.74, 6) is 1.90. The molecule has 2 nitrogen and oxygen atoms in total. The molecule has 1 aromatic carbocycles. The van der Waals surface area contributed by atoms with E-state index in [-0.39, 0.29) is 12.4 Å². The number of terminal acetylenes is 1. The fraction of sp³-hybridized carbons (Fsp3) is 0.308. The first kappa shape index (κ1) is 11.3. The molecule has 0 N–H and O–H groups in total. The van der Waals surface area contributed by atoms with E-state index in [1.165, 1.54) is 5.56 Å². The van der Waals surface area contributed by atoms with Gasteiger partial charge in [-0.1, -0.05) is 37.1 Å². The summed E-state index contributed by atoms with van der Waals surface area (Å²) in [5.41, 5.74) is 2.26. The lowest BCUT2D eigenvalue weighted by Gasteiger charge is -2.03. The Balaban J connectivity index is 2.45.